The molecule has 9 heavy (non-hydrogen) atoms. The van der Waals surface area contributed by atoms with Gasteiger partial charge in [-0.2, -0.15) is 0 Å². The first-order chi connectivity index (χ1) is 3.42. The maximum absolute atomic E-state index is 9.85. The summed E-state index contributed by atoms with van der Waals surface area (Å²) in [5.74, 6) is 0.0123. The van der Waals surface area contributed by atoms with E-state index in [2.05, 4.69) is 11.1 Å². The Morgan fingerprint density at radius 3 is 2.00 bits per heavy atom. The van der Waals surface area contributed by atoms with E-state index >= 15 is 0 Å². The molecule has 0 unspecified atom stereocenters. The van der Waals surface area contributed by atoms with Gasteiger partial charge in [-0.05, 0) is 6.92 Å². The van der Waals surface area contributed by atoms with Crippen molar-refractivity contribution >= 4 is 37.4 Å². The Morgan fingerprint density at radius 1 is 1.67 bits per heavy atom. The average Bonchev–Trinajstić information content (AvgIpc) is 1.21. The van der Waals surface area contributed by atoms with Crippen molar-refractivity contribution in [1.82, 2.24) is 0 Å². The number of phosphoric acid groups is 1. The van der Waals surface area contributed by atoms with Gasteiger partial charge in [-0.25, -0.2) is 4.57 Å². The molecule has 0 bridgehead atoms. The summed E-state index contributed by atoms with van der Waals surface area (Å²) in [5.41, 5.74) is 0. The molecule has 0 heterocycles. The second kappa shape index (κ2) is 4.50. The molecule has 0 spiro atoms. The van der Waals surface area contributed by atoms with Gasteiger partial charge in [0.05, 0.1) is 5.76 Å². The van der Waals surface area contributed by atoms with Crippen molar-refractivity contribution in [2.75, 3.05) is 0 Å². The fraction of sp³-hybridized carbons (Fsp3) is 0.333. The maximum atomic E-state index is 9.85. The van der Waals surface area contributed by atoms with Crippen LogP contribution in [0, 0.1) is 0 Å². The van der Waals surface area contributed by atoms with Crippen LogP contribution in [-0.4, -0.2) is 39.3 Å². The minimum absolute atomic E-state index is 0. The molecule has 0 saturated heterocycles. The van der Waals surface area contributed by atoms with Gasteiger partial charge in [0.25, 0.3) is 0 Å². The number of rotatable bonds is 2. The van der Waals surface area contributed by atoms with E-state index in [0.29, 0.717) is 0 Å². The molecule has 0 rings (SSSR count). The van der Waals surface area contributed by atoms with Crippen LogP contribution in [0.4, 0.5) is 0 Å². The van der Waals surface area contributed by atoms with Crippen LogP contribution in [-0.2, 0) is 9.09 Å². The van der Waals surface area contributed by atoms with Crippen LogP contribution in [0.3, 0.4) is 0 Å². The van der Waals surface area contributed by atoms with E-state index in [9.17, 15) is 4.57 Å². The third-order valence-corrected chi connectivity index (χ3v) is 0.824. The molecular formula is C3H8NaO4P. The first-order valence-corrected chi connectivity index (χ1v) is 3.35. The predicted octanol–water partition coefficient (Wildman–Crippen LogP) is -0.0192. The molecule has 0 aliphatic carbocycles. The van der Waals surface area contributed by atoms with Crippen LogP contribution in [0.15, 0.2) is 12.3 Å². The van der Waals surface area contributed by atoms with Crippen molar-refractivity contribution in [3.63, 3.8) is 0 Å². The van der Waals surface area contributed by atoms with Gasteiger partial charge in [-0.1, -0.05) is 6.58 Å². The zero-order valence-corrected chi connectivity index (χ0v) is 5.26. The molecule has 0 aliphatic heterocycles. The van der Waals surface area contributed by atoms with Crippen molar-refractivity contribution in [2.24, 2.45) is 0 Å². The molecule has 0 aliphatic rings. The first kappa shape index (κ1) is 12.4. The molecule has 0 atom stereocenters. The molecule has 0 aromatic carbocycles. The van der Waals surface area contributed by atoms with E-state index in [-0.39, 0.29) is 35.3 Å². The zero-order valence-electron chi connectivity index (χ0n) is 4.37. The van der Waals surface area contributed by atoms with E-state index in [4.69, 9.17) is 9.79 Å². The molecule has 0 saturated carbocycles. The molecule has 0 aromatic heterocycles. The van der Waals surface area contributed by atoms with E-state index in [1.54, 1.807) is 0 Å². The summed E-state index contributed by atoms with van der Waals surface area (Å²) in [5, 5.41) is 0. The van der Waals surface area contributed by atoms with E-state index in [1.165, 1.54) is 6.92 Å². The number of phosphoric ester groups is 1. The summed E-state index contributed by atoms with van der Waals surface area (Å²) < 4.78 is 13.8. The van der Waals surface area contributed by atoms with Crippen molar-refractivity contribution in [3.05, 3.63) is 12.3 Å². The van der Waals surface area contributed by atoms with Crippen molar-refractivity contribution in [3.8, 4) is 0 Å². The van der Waals surface area contributed by atoms with Crippen molar-refractivity contribution in [2.45, 2.75) is 6.92 Å². The molecule has 0 fully saturated rings. The van der Waals surface area contributed by atoms with Gasteiger partial charge >= 0.3 is 37.4 Å². The average molecular weight is 162 g/mol. The third-order valence-electron chi connectivity index (χ3n) is 0.275. The standard InChI is InChI=1S/C3H7O4P.Na.H/c1-3(2)7-8(4,5)6;;/h1H2,2H3,(H2,4,5,6);;. The minimum atomic E-state index is -4.32. The molecule has 0 aromatic rings. The summed E-state index contributed by atoms with van der Waals surface area (Å²) in [4.78, 5) is 16.0. The Labute approximate surface area is 75.4 Å². The van der Waals surface area contributed by atoms with Gasteiger partial charge in [0.2, 0.25) is 0 Å². The first-order valence-electron chi connectivity index (χ1n) is 1.82. The Kier molecular flexibility index (Phi) is 6.18. The summed E-state index contributed by atoms with van der Waals surface area (Å²) in [6, 6.07) is 0. The quantitative estimate of drug-likeness (QED) is 0.340. The molecule has 50 valence electrons. The van der Waals surface area contributed by atoms with Crippen LogP contribution >= 0.6 is 7.82 Å². The van der Waals surface area contributed by atoms with E-state index in [0.717, 1.165) is 0 Å². The Hall–Kier alpha value is 0.690. The molecule has 2 N–H and O–H groups in total. The van der Waals surface area contributed by atoms with Gasteiger partial charge in [0, 0.05) is 0 Å². The van der Waals surface area contributed by atoms with Crippen LogP contribution in [0.2, 0.25) is 0 Å². The summed E-state index contributed by atoms with van der Waals surface area (Å²) in [6.07, 6.45) is 0. The number of hydrogen-bond donors (Lipinski definition) is 2. The normalized spacial score (nSPS) is 9.67. The molecule has 6 heteroatoms. The summed E-state index contributed by atoms with van der Waals surface area (Å²) in [7, 11) is -4.32. The second-order valence-corrected chi connectivity index (χ2v) is 2.45. The van der Waals surface area contributed by atoms with E-state index in [1.807, 2.05) is 0 Å². The van der Waals surface area contributed by atoms with Crippen LogP contribution in [0.1, 0.15) is 6.92 Å². The Morgan fingerprint density at radius 2 is 2.00 bits per heavy atom. The van der Waals surface area contributed by atoms with Crippen molar-refractivity contribution < 1.29 is 18.9 Å². The van der Waals surface area contributed by atoms with Gasteiger partial charge < -0.3 is 4.52 Å². The number of allylic oxidation sites excluding steroid dienone is 1. The predicted molar refractivity (Wildman–Crippen MR) is 35.1 cm³/mol. The van der Waals surface area contributed by atoms with Crippen molar-refractivity contribution in [1.29, 1.82) is 0 Å². The van der Waals surface area contributed by atoms with Gasteiger partial charge in [-0.3, -0.25) is 9.79 Å². The molecular weight excluding hydrogens is 154 g/mol. The van der Waals surface area contributed by atoms with E-state index < -0.39 is 7.82 Å². The topological polar surface area (TPSA) is 66.8 Å². The van der Waals surface area contributed by atoms with Crippen LogP contribution < -0.4 is 0 Å². The fourth-order valence-electron chi connectivity index (χ4n) is 0.203. The third kappa shape index (κ3) is 12.0. The summed E-state index contributed by atoms with van der Waals surface area (Å²) >= 11 is 0. The summed E-state index contributed by atoms with van der Waals surface area (Å²) in [6.45, 7) is 4.49. The van der Waals surface area contributed by atoms with Gasteiger partial charge in [0.1, 0.15) is 0 Å². The number of hydrogen-bond acceptors (Lipinski definition) is 2. The zero-order chi connectivity index (χ0) is 6.78. The fourth-order valence-corrected chi connectivity index (χ4v) is 0.609. The van der Waals surface area contributed by atoms with Crippen LogP contribution in [0.25, 0.3) is 0 Å². The monoisotopic (exact) mass is 162 g/mol. The van der Waals surface area contributed by atoms with Gasteiger partial charge in [-0.15, -0.1) is 0 Å². The molecule has 0 amide bonds. The SMILES string of the molecule is C=C(C)OP(=O)(O)O.[NaH]. The molecule has 4 nitrogen and oxygen atoms in total. The Balaban J connectivity index is 0. The van der Waals surface area contributed by atoms with Gasteiger partial charge in [0.15, 0.2) is 0 Å². The Bertz CT molecular complexity index is 139. The van der Waals surface area contributed by atoms with Crippen LogP contribution in [0.5, 0.6) is 0 Å². The molecule has 0 radical (unpaired) electrons. The second-order valence-electron chi connectivity index (χ2n) is 1.28.